The van der Waals surface area contributed by atoms with Crippen LogP contribution < -0.4 is 5.32 Å². The average Bonchev–Trinajstić information content (AvgIpc) is 2.98. The predicted molar refractivity (Wildman–Crippen MR) is 72.9 cm³/mol. The lowest BCUT2D eigenvalue weighted by Gasteiger charge is -2.20. The first kappa shape index (κ1) is 11.7. The van der Waals surface area contributed by atoms with Gasteiger partial charge in [-0.15, -0.1) is 11.3 Å². The number of nitrogens with one attached hydrogen (secondary N) is 1. The lowest BCUT2D eigenvalue weighted by Crippen LogP contribution is -2.21. The van der Waals surface area contributed by atoms with Gasteiger partial charge >= 0.3 is 0 Å². The minimum Gasteiger partial charge on any atom is -0.319 e. The number of nitrogens with zero attached hydrogens (tertiary/aromatic N) is 1. The summed E-state index contributed by atoms with van der Waals surface area (Å²) in [5.74, 6) is 1.47. The van der Waals surface area contributed by atoms with Crippen molar-refractivity contribution >= 4 is 11.3 Å². The van der Waals surface area contributed by atoms with E-state index in [9.17, 15) is 0 Å². The number of likely N-dealkylation sites (N-methyl/N-ethyl adjacent to an activating group) is 1. The normalized spacial score (nSPS) is 25.1. The van der Waals surface area contributed by atoms with Crippen LogP contribution >= 0.6 is 11.3 Å². The largest absolute Gasteiger partial charge is 0.319 e. The summed E-state index contributed by atoms with van der Waals surface area (Å²) in [5.41, 5.74) is 1.44. The number of rotatable bonds is 3. The van der Waals surface area contributed by atoms with Gasteiger partial charge in [0.15, 0.2) is 0 Å². The van der Waals surface area contributed by atoms with E-state index in [4.69, 9.17) is 4.98 Å². The Bertz CT molecular complexity index is 380. The van der Waals surface area contributed by atoms with E-state index in [1.54, 1.807) is 4.88 Å². The Balaban J connectivity index is 1.84. The maximum Gasteiger partial charge on any atom is 0.0962 e. The van der Waals surface area contributed by atoms with Crippen LogP contribution in [0.3, 0.4) is 0 Å². The van der Waals surface area contributed by atoms with Gasteiger partial charge in [-0.05, 0) is 39.2 Å². The van der Waals surface area contributed by atoms with E-state index in [2.05, 4.69) is 12.4 Å². The fraction of sp³-hybridized carbons (Fsp3) is 0.786. The third kappa shape index (κ3) is 2.27. The molecule has 0 aliphatic heterocycles. The van der Waals surface area contributed by atoms with Crippen LogP contribution in [-0.2, 0) is 6.42 Å². The molecule has 0 radical (unpaired) electrons. The summed E-state index contributed by atoms with van der Waals surface area (Å²) in [7, 11) is 2.05. The quantitative estimate of drug-likeness (QED) is 0.889. The lowest BCUT2D eigenvalue weighted by molar-refractivity contribution is 0.520. The summed E-state index contributed by atoms with van der Waals surface area (Å²) < 4.78 is 0. The highest BCUT2D eigenvalue weighted by Crippen LogP contribution is 2.41. The smallest absolute Gasteiger partial charge is 0.0962 e. The summed E-state index contributed by atoms with van der Waals surface area (Å²) in [6.07, 6.45) is 9.53. The molecule has 17 heavy (non-hydrogen) atoms. The number of aromatic nitrogens is 1. The van der Waals surface area contributed by atoms with Crippen LogP contribution in [-0.4, -0.2) is 18.6 Å². The first-order valence-corrected chi connectivity index (χ1v) is 7.84. The molecule has 0 amide bonds. The summed E-state index contributed by atoms with van der Waals surface area (Å²) in [6.45, 7) is 1.10. The lowest BCUT2D eigenvalue weighted by atomic mass is 9.91. The van der Waals surface area contributed by atoms with Crippen LogP contribution in [0.4, 0.5) is 0 Å². The summed E-state index contributed by atoms with van der Waals surface area (Å²) >= 11 is 2.02. The topological polar surface area (TPSA) is 24.9 Å². The Hall–Kier alpha value is -0.410. The van der Waals surface area contributed by atoms with E-state index in [-0.39, 0.29) is 0 Å². The molecule has 0 bridgehead atoms. The van der Waals surface area contributed by atoms with Gasteiger partial charge in [0.2, 0.25) is 0 Å². The van der Waals surface area contributed by atoms with Crippen molar-refractivity contribution in [2.75, 3.05) is 13.6 Å². The maximum absolute atomic E-state index is 5.01. The number of hydrogen-bond donors (Lipinski definition) is 1. The van der Waals surface area contributed by atoms with E-state index < -0.39 is 0 Å². The van der Waals surface area contributed by atoms with E-state index in [0.29, 0.717) is 5.92 Å². The van der Waals surface area contributed by atoms with Crippen molar-refractivity contribution < 1.29 is 0 Å². The molecule has 2 nitrogen and oxygen atoms in total. The van der Waals surface area contributed by atoms with Gasteiger partial charge in [0.05, 0.1) is 10.7 Å². The van der Waals surface area contributed by atoms with Crippen molar-refractivity contribution in [3.05, 3.63) is 15.6 Å². The Labute approximate surface area is 108 Å². The zero-order valence-corrected chi connectivity index (χ0v) is 11.5. The SMILES string of the molecule is CNCC1CCCc2sc(C3CCCC3)nc21. The molecule has 0 spiro atoms. The monoisotopic (exact) mass is 250 g/mol. The van der Waals surface area contributed by atoms with Gasteiger partial charge in [-0.1, -0.05) is 12.8 Å². The van der Waals surface area contributed by atoms with Gasteiger partial charge in [0.1, 0.15) is 0 Å². The van der Waals surface area contributed by atoms with Crippen LogP contribution in [0.1, 0.15) is 65.9 Å². The highest BCUT2D eigenvalue weighted by atomic mass is 32.1. The van der Waals surface area contributed by atoms with Crippen molar-refractivity contribution in [1.82, 2.24) is 10.3 Å². The van der Waals surface area contributed by atoms with E-state index >= 15 is 0 Å². The third-order valence-electron chi connectivity index (χ3n) is 4.24. The molecule has 0 aromatic carbocycles. The fourth-order valence-corrected chi connectivity index (χ4v) is 4.68. The molecular formula is C14H22N2S. The Morgan fingerprint density at radius 1 is 1.24 bits per heavy atom. The molecule has 2 aliphatic carbocycles. The number of aryl methyl sites for hydroxylation is 1. The summed E-state index contributed by atoms with van der Waals surface area (Å²) in [4.78, 5) is 6.61. The Morgan fingerprint density at radius 2 is 2.06 bits per heavy atom. The van der Waals surface area contributed by atoms with Gasteiger partial charge in [-0.3, -0.25) is 0 Å². The van der Waals surface area contributed by atoms with Gasteiger partial charge in [0.25, 0.3) is 0 Å². The molecular weight excluding hydrogens is 228 g/mol. The zero-order valence-electron chi connectivity index (χ0n) is 10.7. The van der Waals surface area contributed by atoms with Crippen molar-refractivity contribution in [2.45, 2.75) is 56.8 Å². The standard InChI is InChI=1S/C14H22N2S/c1-15-9-11-7-4-8-12-13(11)16-14(17-12)10-5-2-3-6-10/h10-11,15H,2-9H2,1H3. The molecule has 3 heteroatoms. The second-order valence-corrected chi connectivity index (χ2v) is 6.60. The van der Waals surface area contributed by atoms with Crippen LogP contribution in [0.5, 0.6) is 0 Å². The van der Waals surface area contributed by atoms with Crippen molar-refractivity contribution in [1.29, 1.82) is 0 Å². The molecule has 1 aromatic rings. The maximum atomic E-state index is 5.01. The molecule has 1 fully saturated rings. The van der Waals surface area contributed by atoms with Crippen molar-refractivity contribution in [3.63, 3.8) is 0 Å². The average molecular weight is 250 g/mol. The van der Waals surface area contributed by atoms with Crippen molar-refractivity contribution in [2.24, 2.45) is 0 Å². The zero-order chi connectivity index (χ0) is 11.7. The Morgan fingerprint density at radius 3 is 2.82 bits per heavy atom. The summed E-state index contributed by atoms with van der Waals surface area (Å²) in [5, 5.41) is 4.78. The highest BCUT2D eigenvalue weighted by molar-refractivity contribution is 7.11. The molecule has 1 aromatic heterocycles. The molecule has 1 N–H and O–H groups in total. The molecule has 1 unspecified atom stereocenters. The molecule has 2 aliphatic rings. The van der Waals surface area contributed by atoms with Crippen LogP contribution in [0.25, 0.3) is 0 Å². The van der Waals surface area contributed by atoms with Gasteiger partial charge in [-0.25, -0.2) is 4.98 Å². The number of fused-ring (bicyclic) bond motifs is 1. The number of hydrogen-bond acceptors (Lipinski definition) is 3. The minimum atomic E-state index is 0.676. The number of thiazole rings is 1. The first-order chi connectivity index (χ1) is 8.38. The van der Waals surface area contributed by atoms with E-state index in [0.717, 1.165) is 12.5 Å². The summed E-state index contributed by atoms with van der Waals surface area (Å²) in [6, 6.07) is 0. The molecule has 94 valence electrons. The minimum absolute atomic E-state index is 0.676. The molecule has 0 saturated heterocycles. The second kappa shape index (κ2) is 5.07. The molecule has 1 heterocycles. The van der Waals surface area contributed by atoms with Gasteiger partial charge in [0, 0.05) is 23.3 Å². The second-order valence-electron chi connectivity index (χ2n) is 5.49. The first-order valence-electron chi connectivity index (χ1n) is 7.02. The Kier molecular flexibility index (Phi) is 3.48. The molecule has 1 atom stereocenters. The molecule has 1 saturated carbocycles. The van der Waals surface area contributed by atoms with E-state index in [1.807, 2.05) is 11.3 Å². The van der Waals surface area contributed by atoms with Gasteiger partial charge in [-0.2, -0.15) is 0 Å². The predicted octanol–water partition coefficient (Wildman–Crippen LogP) is 3.44. The van der Waals surface area contributed by atoms with Crippen LogP contribution in [0.2, 0.25) is 0 Å². The molecule has 3 rings (SSSR count). The van der Waals surface area contributed by atoms with Crippen LogP contribution in [0.15, 0.2) is 0 Å². The fourth-order valence-electron chi connectivity index (χ4n) is 3.32. The third-order valence-corrected chi connectivity index (χ3v) is 5.54. The van der Waals surface area contributed by atoms with Crippen LogP contribution in [0, 0.1) is 0 Å². The van der Waals surface area contributed by atoms with Gasteiger partial charge < -0.3 is 5.32 Å². The van der Waals surface area contributed by atoms with Crippen molar-refractivity contribution in [3.8, 4) is 0 Å². The van der Waals surface area contributed by atoms with E-state index in [1.165, 1.54) is 55.6 Å². The highest BCUT2D eigenvalue weighted by Gasteiger charge is 2.27.